The summed E-state index contributed by atoms with van der Waals surface area (Å²) in [7, 11) is 1.61. The van der Waals surface area contributed by atoms with Crippen molar-refractivity contribution < 1.29 is 9.53 Å². The van der Waals surface area contributed by atoms with Crippen molar-refractivity contribution in [3.63, 3.8) is 0 Å². The second-order valence-corrected chi connectivity index (χ2v) is 4.48. The van der Waals surface area contributed by atoms with Crippen LogP contribution in [-0.4, -0.2) is 37.7 Å². The molecule has 1 aromatic rings. The number of hydrogen-bond acceptors (Lipinski definition) is 5. The first-order chi connectivity index (χ1) is 8.26. The molecular formula is C11H19N3O2S. The van der Waals surface area contributed by atoms with E-state index in [9.17, 15) is 4.79 Å². The molecule has 0 atom stereocenters. The molecule has 1 aromatic heterocycles. The zero-order chi connectivity index (χ0) is 12.5. The predicted octanol–water partition coefficient (Wildman–Crippen LogP) is 0.558. The SMILES string of the molecule is CCc1nc(CNCC(=O)NCCOC)cs1. The fraction of sp³-hybridized carbons (Fsp3) is 0.636. The molecular weight excluding hydrogens is 238 g/mol. The number of nitrogens with one attached hydrogen (secondary N) is 2. The second-order valence-electron chi connectivity index (χ2n) is 3.53. The number of hydrogen-bond donors (Lipinski definition) is 2. The van der Waals surface area contributed by atoms with E-state index in [2.05, 4.69) is 22.5 Å². The predicted molar refractivity (Wildman–Crippen MR) is 68.1 cm³/mol. The molecule has 0 aliphatic carbocycles. The molecule has 17 heavy (non-hydrogen) atoms. The monoisotopic (exact) mass is 257 g/mol. The molecule has 0 fully saturated rings. The molecule has 1 heterocycles. The maximum atomic E-state index is 11.3. The zero-order valence-corrected chi connectivity index (χ0v) is 11.1. The van der Waals surface area contributed by atoms with Crippen LogP contribution < -0.4 is 10.6 Å². The van der Waals surface area contributed by atoms with Crippen molar-refractivity contribution >= 4 is 17.2 Å². The van der Waals surface area contributed by atoms with Gasteiger partial charge >= 0.3 is 0 Å². The summed E-state index contributed by atoms with van der Waals surface area (Å²) in [6.45, 7) is 4.11. The van der Waals surface area contributed by atoms with Crippen molar-refractivity contribution in [3.05, 3.63) is 16.1 Å². The fourth-order valence-electron chi connectivity index (χ4n) is 1.25. The molecule has 2 N–H and O–H groups in total. The van der Waals surface area contributed by atoms with E-state index in [-0.39, 0.29) is 5.91 Å². The lowest BCUT2D eigenvalue weighted by atomic mass is 10.4. The smallest absolute Gasteiger partial charge is 0.234 e. The van der Waals surface area contributed by atoms with E-state index in [4.69, 9.17) is 4.74 Å². The Morgan fingerprint density at radius 3 is 3.06 bits per heavy atom. The lowest BCUT2D eigenvalue weighted by molar-refractivity contribution is -0.120. The van der Waals surface area contributed by atoms with E-state index < -0.39 is 0 Å². The molecule has 0 bridgehead atoms. The van der Waals surface area contributed by atoms with Gasteiger partial charge in [-0.1, -0.05) is 6.92 Å². The van der Waals surface area contributed by atoms with Gasteiger partial charge in [0.15, 0.2) is 0 Å². The summed E-state index contributed by atoms with van der Waals surface area (Å²) in [5, 5.41) is 8.95. The van der Waals surface area contributed by atoms with Crippen molar-refractivity contribution in [3.8, 4) is 0 Å². The number of aryl methyl sites for hydroxylation is 1. The summed E-state index contributed by atoms with van der Waals surface area (Å²) in [6, 6.07) is 0. The summed E-state index contributed by atoms with van der Waals surface area (Å²) < 4.78 is 4.84. The van der Waals surface area contributed by atoms with Gasteiger partial charge in [0.25, 0.3) is 0 Å². The van der Waals surface area contributed by atoms with Crippen molar-refractivity contribution in [1.29, 1.82) is 0 Å². The number of thiazole rings is 1. The Hall–Kier alpha value is -0.980. The minimum Gasteiger partial charge on any atom is -0.383 e. The van der Waals surface area contributed by atoms with Crippen LogP contribution in [0.25, 0.3) is 0 Å². The van der Waals surface area contributed by atoms with Crippen LogP contribution >= 0.6 is 11.3 Å². The molecule has 0 radical (unpaired) electrons. The molecule has 0 spiro atoms. The molecule has 0 saturated heterocycles. The third-order valence-electron chi connectivity index (χ3n) is 2.12. The molecule has 6 heteroatoms. The largest absolute Gasteiger partial charge is 0.383 e. The standard InChI is InChI=1S/C11H19N3O2S/c1-3-11-14-9(8-17-11)6-12-7-10(15)13-4-5-16-2/h8,12H,3-7H2,1-2H3,(H,13,15). The third kappa shape index (κ3) is 5.76. The van der Waals surface area contributed by atoms with Gasteiger partial charge in [-0.2, -0.15) is 0 Å². The van der Waals surface area contributed by atoms with Gasteiger partial charge in [-0.15, -0.1) is 11.3 Å². The number of nitrogens with zero attached hydrogens (tertiary/aromatic N) is 1. The topological polar surface area (TPSA) is 63.2 Å². The first-order valence-corrected chi connectivity index (χ1v) is 6.53. The molecule has 0 unspecified atom stereocenters. The number of methoxy groups -OCH3 is 1. The quantitative estimate of drug-likeness (QED) is 0.668. The molecule has 0 aliphatic heterocycles. The molecule has 0 aliphatic rings. The van der Waals surface area contributed by atoms with Crippen LogP contribution in [0.5, 0.6) is 0 Å². The Kier molecular flexibility index (Phi) is 6.76. The number of rotatable bonds is 8. The van der Waals surface area contributed by atoms with E-state index in [1.807, 2.05) is 5.38 Å². The van der Waals surface area contributed by atoms with Gasteiger partial charge in [0.05, 0.1) is 23.9 Å². The van der Waals surface area contributed by atoms with E-state index in [1.54, 1.807) is 18.4 Å². The van der Waals surface area contributed by atoms with Gasteiger partial charge in [-0.05, 0) is 6.42 Å². The van der Waals surface area contributed by atoms with Gasteiger partial charge in [0.2, 0.25) is 5.91 Å². The van der Waals surface area contributed by atoms with Crippen LogP contribution in [0.2, 0.25) is 0 Å². The summed E-state index contributed by atoms with van der Waals surface area (Å²) in [6.07, 6.45) is 0.960. The first-order valence-electron chi connectivity index (χ1n) is 5.66. The minimum absolute atomic E-state index is 0.0204. The van der Waals surface area contributed by atoms with Crippen molar-refractivity contribution in [1.82, 2.24) is 15.6 Å². The Morgan fingerprint density at radius 2 is 2.41 bits per heavy atom. The summed E-state index contributed by atoms with van der Waals surface area (Å²) in [5.41, 5.74) is 0.997. The maximum absolute atomic E-state index is 11.3. The summed E-state index contributed by atoms with van der Waals surface area (Å²) in [5.74, 6) is -0.0204. The number of amides is 1. The van der Waals surface area contributed by atoms with E-state index in [0.29, 0.717) is 26.2 Å². The molecule has 1 amide bonds. The Labute approximate surface area is 106 Å². The highest BCUT2D eigenvalue weighted by molar-refractivity contribution is 7.09. The highest BCUT2D eigenvalue weighted by atomic mass is 32.1. The second kappa shape index (κ2) is 8.16. The van der Waals surface area contributed by atoms with Gasteiger partial charge < -0.3 is 15.4 Å². The van der Waals surface area contributed by atoms with Crippen molar-refractivity contribution in [2.24, 2.45) is 0 Å². The Balaban J connectivity index is 2.12. The van der Waals surface area contributed by atoms with Gasteiger partial charge in [-0.25, -0.2) is 4.98 Å². The van der Waals surface area contributed by atoms with Gasteiger partial charge in [-0.3, -0.25) is 4.79 Å². The normalized spacial score (nSPS) is 10.5. The number of carbonyl (C=O) groups is 1. The van der Waals surface area contributed by atoms with Gasteiger partial charge in [0, 0.05) is 25.6 Å². The maximum Gasteiger partial charge on any atom is 0.234 e. The van der Waals surface area contributed by atoms with Crippen LogP contribution in [0.4, 0.5) is 0 Å². The fourth-order valence-corrected chi connectivity index (χ4v) is 2.00. The molecule has 5 nitrogen and oxygen atoms in total. The Bertz CT molecular complexity index is 341. The van der Waals surface area contributed by atoms with E-state index in [0.717, 1.165) is 17.1 Å². The molecule has 96 valence electrons. The van der Waals surface area contributed by atoms with Crippen LogP contribution in [0, 0.1) is 0 Å². The summed E-state index contributed by atoms with van der Waals surface area (Å²) >= 11 is 1.66. The van der Waals surface area contributed by atoms with Crippen LogP contribution in [-0.2, 0) is 22.5 Å². The molecule has 0 aromatic carbocycles. The first kappa shape index (κ1) is 14.1. The highest BCUT2D eigenvalue weighted by Gasteiger charge is 2.02. The average Bonchev–Trinajstić information content (AvgIpc) is 2.77. The van der Waals surface area contributed by atoms with Crippen molar-refractivity contribution in [2.45, 2.75) is 19.9 Å². The van der Waals surface area contributed by atoms with E-state index in [1.165, 1.54) is 0 Å². The highest BCUT2D eigenvalue weighted by Crippen LogP contribution is 2.09. The van der Waals surface area contributed by atoms with Crippen molar-refractivity contribution in [2.75, 3.05) is 26.8 Å². The molecule has 0 saturated carbocycles. The Morgan fingerprint density at radius 1 is 1.59 bits per heavy atom. The van der Waals surface area contributed by atoms with Crippen LogP contribution in [0.1, 0.15) is 17.6 Å². The average molecular weight is 257 g/mol. The van der Waals surface area contributed by atoms with Gasteiger partial charge in [0.1, 0.15) is 0 Å². The lowest BCUT2D eigenvalue weighted by Gasteiger charge is -2.04. The van der Waals surface area contributed by atoms with Crippen LogP contribution in [0.3, 0.4) is 0 Å². The third-order valence-corrected chi connectivity index (χ3v) is 3.16. The summed E-state index contributed by atoms with van der Waals surface area (Å²) in [4.78, 5) is 15.7. The molecule has 1 rings (SSSR count). The lowest BCUT2D eigenvalue weighted by Crippen LogP contribution is -2.35. The zero-order valence-electron chi connectivity index (χ0n) is 10.3. The van der Waals surface area contributed by atoms with Crippen LogP contribution in [0.15, 0.2) is 5.38 Å². The number of carbonyl (C=O) groups excluding carboxylic acids is 1. The minimum atomic E-state index is -0.0204. The number of ether oxygens (including phenoxy) is 1. The van der Waals surface area contributed by atoms with E-state index >= 15 is 0 Å². The number of aromatic nitrogens is 1.